The summed E-state index contributed by atoms with van der Waals surface area (Å²) < 4.78 is 0. The number of hydrogen-bond acceptors (Lipinski definition) is 2. The molecule has 0 saturated heterocycles. The van der Waals surface area contributed by atoms with Crippen molar-refractivity contribution in [3.63, 3.8) is 0 Å². The summed E-state index contributed by atoms with van der Waals surface area (Å²) in [5.74, 6) is 0. The van der Waals surface area contributed by atoms with Gasteiger partial charge >= 0.3 is 0 Å². The van der Waals surface area contributed by atoms with Crippen LogP contribution in [0.3, 0.4) is 0 Å². The summed E-state index contributed by atoms with van der Waals surface area (Å²) >= 11 is 5.98. The van der Waals surface area contributed by atoms with Crippen LogP contribution < -0.4 is 5.32 Å². The molecular weight excluding hydrogens is 222 g/mol. The highest BCUT2D eigenvalue weighted by molar-refractivity contribution is 6.30. The van der Waals surface area contributed by atoms with Gasteiger partial charge in [-0.2, -0.15) is 0 Å². The van der Waals surface area contributed by atoms with E-state index in [1.165, 1.54) is 16.7 Å². The molecule has 0 amide bonds. The van der Waals surface area contributed by atoms with E-state index in [9.17, 15) is 0 Å². The van der Waals surface area contributed by atoms with Gasteiger partial charge in [0, 0.05) is 17.6 Å². The number of aliphatic hydroxyl groups is 1. The third-order valence-electron chi connectivity index (χ3n) is 2.94. The minimum Gasteiger partial charge on any atom is -0.395 e. The first kappa shape index (κ1) is 13.5. The molecule has 3 heteroatoms. The lowest BCUT2D eigenvalue weighted by molar-refractivity contribution is 0.238. The van der Waals surface area contributed by atoms with Crippen molar-refractivity contribution < 1.29 is 5.11 Å². The number of hydrogen-bond donors (Lipinski definition) is 2. The van der Waals surface area contributed by atoms with Gasteiger partial charge in [-0.05, 0) is 49.1 Å². The Hall–Kier alpha value is -0.570. The highest BCUT2D eigenvalue weighted by Gasteiger charge is 2.07. The van der Waals surface area contributed by atoms with Crippen LogP contribution in [0.2, 0.25) is 5.02 Å². The molecule has 0 aliphatic heterocycles. The predicted molar refractivity (Wildman–Crippen MR) is 68.9 cm³/mol. The Kier molecular flexibility index (Phi) is 5.26. The number of aliphatic hydroxyl groups excluding tert-OH is 1. The van der Waals surface area contributed by atoms with Crippen molar-refractivity contribution in [3.8, 4) is 0 Å². The monoisotopic (exact) mass is 241 g/mol. The molecule has 90 valence electrons. The van der Waals surface area contributed by atoms with Crippen molar-refractivity contribution in [1.82, 2.24) is 5.32 Å². The van der Waals surface area contributed by atoms with Crippen LogP contribution in [0, 0.1) is 13.8 Å². The van der Waals surface area contributed by atoms with Gasteiger partial charge in [0.25, 0.3) is 0 Å². The van der Waals surface area contributed by atoms with Gasteiger partial charge in [-0.1, -0.05) is 18.5 Å². The van der Waals surface area contributed by atoms with E-state index >= 15 is 0 Å². The molecule has 2 N–H and O–H groups in total. The molecule has 0 fully saturated rings. The fourth-order valence-electron chi connectivity index (χ4n) is 1.80. The second-order valence-electron chi connectivity index (χ2n) is 4.19. The Bertz CT molecular complexity index is 325. The molecule has 16 heavy (non-hydrogen) atoms. The molecule has 1 aromatic carbocycles. The van der Waals surface area contributed by atoms with E-state index in [0.29, 0.717) is 0 Å². The third kappa shape index (κ3) is 3.48. The summed E-state index contributed by atoms with van der Waals surface area (Å²) in [6, 6.07) is 4.13. The van der Waals surface area contributed by atoms with E-state index in [4.69, 9.17) is 16.7 Å². The molecule has 1 atom stereocenters. The van der Waals surface area contributed by atoms with Gasteiger partial charge in [-0.3, -0.25) is 0 Å². The van der Waals surface area contributed by atoms with Crippen LogP contribution in [0.1, 0.15) is 30.0 Å². The van der Waals surface area contributed by atoms with Crippen molar-refractivity contribution >= 4 is 11.6 Å². The Morgan fingerprint density at radius 1 is 1.31 bits per heavy atom. The van der Waals surface area contributed by atoms with Gasteiger partial charge < -0.3 is 10.4 Å². The standard InChI is InChI=1S/C13H20ClNO/c1-4-12(8-16)15-7-13-9(2)5-11(14)6-10(13)3/h5-6,12,15-16H,4,7-8H2,1-3H3. The van der Waals surface area contributed by atoms with E-state index in [1.807, 2.05) is 12.1 Å². The van der Waals surface area contributed by atoms with Gasteiger partial charge in [0.15, 0.2) is 0 Å². The van der Waals surface area contributed by atoms with Crippen LogP contribution in [-0.2, 0) is 6.54 Å². The summed E-state index contributed by atoms with van der Waals surface area (Å²) in [5, 5.41) is 13.2. The van der Waals surface area contributed by atoms with Gasteiger partial charge in [0.1, 0.15) is 0 Å². The summed E-state index contributed by atoms with van der Waals surface area (Å²) in [5.41, 5.74) is 3.67. The van der Waals surface area contributed by atoms with Gasteiger partial charge in [-0.15, -0.1) is 0 Å². The maximum atomic E-state index is 9.10. The van der Waals surface area contributed by atoms with Crippen LogP contribution in [0.4, 0.5) is 0 Å². The molecule has 0 bridgehead atoms. The summed E-state index contributed by atoms with van der Waals surface area (Å²) in [7, 11) is 0. The average Bonchev–Trinajstić information content (AvgIpc) is 2.22. The molecule has 1 rings (SSSR count). The Morgan fingerprint density at radius 2 is 1.88 bits per heavy atom. The topological polar surface area (TPSA) is 32.3 Å². The van der Waals surface area contributed by atoms with Crippen molar-refractivity contribution in [2.45, 2.75) is 39.8 Å². The van der Waals surface area contributed by atoms with E-state index in [0.717, 1.165) is 18.0 Å². The largest absolute Gasteiger partial charge is 0.395 e. The van der Waals surface area contributed by atoms with Crippen molar-refractivity contribution in [1.29, 1.82) is 0 Å². The zero-order valence-corrected chi connectivity index (χ0v) is 10.9. The third-order valence-corrected chi connectivity index (χ3v) is 3.16. The summed E-state index contributed by atoms with van der Waals surface area (Å²) in [4.78, 5) is 0. The molecule has 0 aliphatic carbocycles. The van der Waals surface area contributed by atoms with Crippen molar-refractivity contribution in [3.05, 3.63) is 33.8 Å². The molecule has 2 nitrogen and oxygen atoms in total. The highest BCUT2D eigenvalue weighted by Crippen LogP contribution is 2.20. The Balaban J connectivity index is 2.74. The Morgan fingerprint density at radius 3 is 2.31 bits per heavy atom. The molecule has 0 spiro atoms. The SMILES string of the molecule is CCC(CO)NCc1c(C)cc(Cl)cc1C. The smallest absolute Gasteiger partial charge is 0.0584 e. The normalized spacial score (nSPS) is 12.8. The quantitative estimate of drug-likeness (QED) is 0.831. The molecule has 0 heterocycles. The van der Waals surface area contributed by atoms with Crippen LogP contribution in [0.15, 0.2) is 12.1 Å². The number of benzene rings is 1. The number of rotatable bonds is 5. The lowest BCUT2D eigenvalue weighted by atomic mass is 10.0. The number of halogens is 1. The second-order valence-corrected chi connectivity index (χ2v) is 4.62. The van der Waals surface area contributed by atoms with Gasteiger partial charge in [0.2, 0.25) is 0 Å². The first-order valence-corrected chi connectivity index (χ1v) is 6.06. The maximum absolute atomic E-state index is 9.10. The van der Waals surface area contributed by atoms with E-state index in [2.05, 4.69) is 26.1 Å². The first-order chi connectivity index (χ1) is 7.58. The van der Waals surface area contributed by atoms with Crippen molar-refractivity contribution in [2.24, 2.45) is 0 Å². The zero-order valence-electron chi connectivity index (χ0n) is 10.2. The predicted octanol–water partition coefficient (Wildman–Crippen LogP) is 2.82. The molecule has 0 saturated carbocycles. The lowest BCUT2D eigenvalue weighted by Crippen LogP contribution is -2.31. The minimum absolute atomic E-state index is 0.175. The first-order valence-electron chi connectivity index (χ1n) is 5.68. The zero-order chi connectivity index (χ0) is 12.1. The molecule has 0 aliphatic rings. The average molecular weight is 242 g/mol. The molecular formula is C13H20ClNO. The molecule has 1 aromatic rings. The fraction of sp³-hybridized carbons (Fsp3) is 0.538. The van der Waals surface area contributed by atoms with E-state index < -0.39 is 0 Å². The van der Waals surface area contributed by atoms with Crippen LogP contribution >= 0.6 is 11.6 Å². The van der Waals surface area contributed by atoms with E-state index in [-0.39, 0.29) is 12.6 Å². The number of nitrogens with one attached hydrogen (secondary N) is 1. The maximum Gasteiger partial charge on any atom is 0.0584 e. The molecule has 1 unspecified atom stereocenters. The molecule has 0 radical (unpaired) electrons. The highest BCUT2D eigenvalue weighted by atomic mass is 35.5. The van der Waals surface area contributed by atoms with Gasteiger partial charge in [0.05, 0.1) is 6.61 Å². The van der Waals surface area contributed by atoms with E-state index in [1.54, 1.807) is 0 Å². The lowest BCUT2D eigenvalue weighted by Gasteiger charge is -2.17. The molecule has 0 aromatic heterocycles. The summed E-state index contributed by atoms with van der Waals surface area (Å²) in [6.07, 6.45) is 0.933. The van der Waals surface area contributed by atoms with Crippen LogP contribution in [0.5, 0.6) is 0 Å². The summed E-state index contributed by atoms with van der Waals surface area (Å²) in [6.45, 7) is 7.16. The number of aryl methyl sites for hydroxylation is 2. The fourth-order valence-corrected chi connectivity index (χ4v) is 2.13. The second kappa shape index (κ2) is 6.24. The minimum atomic E-state index is 0.175. The van der Waals surface area contributed by atoms with Crippen LogP contribution in [0.25, 0.3) is 0 Å². The van der Waals surface area contributed by atoms with Crippen LogP contribution in [-0.4, -0.2) is 17.8 Å². The van der Waals surface area contributed by atoms with Crippen molar-refractivity contribution in [2.75, 3.05) is 6.61 Å². The Labute approximate surface area is 103 Å². The van der Waals surface area contributed by atoms with Gasteiger partial charge in [-0.25, -0.2) is 0 Å².